The van der Waals surface area contributed by atoms with E-state index in [1.165, 1.54) is 7.11 Å². The van der Waals surface area contributed by atoms with Gasteiger partial charge in [0.25, 0.3) is 0 Å². The summed E-state index contributed by atoms with van der Waals surface area (Å²) in [6.07, 6.45) is 10.9. The summed E-state index contributed by atoms with van der Waals surface area (Å²) in [5, 5.41) is 0.891. The molecule has 5 atom stereocenters. The van der Waals surface area contributed by atoms with Gasteiger partial charge in [0.1, 0.15) is 30.1 Å². The number of aromatic nitrogens is 1. The molecule has 1 aromatic heterocycles. The van der Waals surface area contributed by atoms with Crippen LogP contribution in [-0.2, 0) is 36.9 Å². The molecule has 2 saturated carbocycles. The first-order valence-electron chi connectivity index (χ1n) is 17.8. The topological polar surface area (TPSA) is 104 Å². The number of hydrogen-bond donors (Lipinski definition) is 0. The van der Waals surface area contributed by atoms with Crippen LogP contribution in [0.1, 0.15) is 75.8 Å². The zero-order valence-electron chi connectivity index (χ0n) is 28.5. The highest BCUT2D eigenvalue weighted by molar-refractivity contribution is 5.89. The second-order valence-electron chi connectivity index (χ2n) is 14.3. The molecular weight excluding hydrogens is 620 g/mol. The van der Waals surface area contributed by atoms with E-state index in [4.69, 9.17) is 23.9 Å². The van der Waals surface area contributed by atoms with E-state index in [9.17, 15) is 14.4 Å². The number of carbonyl (C=O) groups excluding carboxylic acids is 3. The summed E-state index contributed by atoms with van der Waals surface area (Å²) < 4.78 is 24.6. The van der Waals surface area contributed by atoms with Crippen molar-refractivity contribution in [3.63, 3.8) is 0 Å². The second kappa shape index (κ2) is 14.2. The number of allylic oxidation sites excluding steroid dienone is 2. The van der Waals surface area contributed by atoms with E-state index in [0.717, 1.165) is 67.0 Å². The van der Waals surface area contributed by atoms with Gasteiger partial charge in [-0.1, -0.05) is 67.5 Å². The number of esters is 2. The Bertz CT molecular complexity index is 1720. The molecule has 49 heavy (non-hydrogen) atoms. The van der Waals surface area contributed by atoms with E-state index in [-0.39, 0.29) is 43.1 Å². The van der Waals surface area contributed by atoms with Crippen LogP contribution in [0, 0.1) is 17.8 Å². The lowest BCUT2D eigenvalue weighted by molar-refractivity contribution is -0.158. The summed E-state index contributed by atoms with van der Waals surface area (Å²) in [4.78, 5) is 47.6. The zero-order chi connectivity index (χ0) is 34.0. The first-order valence-corrected chi connectivity index (χ1v) is 17.8. The van der Waals surface area contributed by atoms with Crippen LogP contribution in [0.15, 0.2) is 66.7 Å². The van der Waals surface area contributed by atoms with E-state index in [0.29, 0.717) is 24.7 Å². The van der Waals surface area contributed by atoms with Gasteiger partial charge in [-0.3, -0.25) is 9.59 Å². The lowest BCUT2D eigenvalue weighted by Crippen LogP contribution is -2.46. The first kappa shape index (κ1) is 33.1. The monoisotopic (exact) mass is 666 g/mol. The SMILES string of the molecule is COC(=O)[C@@H]1C[C@@H]2CN1C(=O)[C@H](C1CCCC1)CC(=O)O[C@]1(C)C[C@H]1CC/C=C/Cc1c(nc3ccccc3c1OCc1ccccc1)O2. The summed E-state index contributed by atoms with van der Waals surface area (Å²) in [7, 11) is 1.34. The Labute approximate surface area is 287 Å². The maximum atomic E-state index is 14.4. The fourth-order valence-electron chi connectivity index (χ4n) is 8.10. The number of methoxy groups -OCH3 is 1. The summed E-state index contributed by atoms with van der Waals surface area (Å²) in [5.74, 6) is -0.108. The van der Waals surface area contributed by atoms with Crippen molar-refractivity contribution in [2.24, 2.45) is 17.8 Å². The molecule has 3 fully saturated rings. The van der Waals surface area contributed by atoms with Crippen molar-refractivity contribution < 1.29 is 33.3 Å². The quantitative estimate of drug-likeness (QED) is 0.218. The minimum atomic E-state index is -0.826. The van der Waals surface area contributed by atoms with E-state index in [2.05, 4.69) is 12.2 Å². The van der Waals surface area contributed by atoms with E-state index >= 15 is 0 Å². The number of amides is 1. The van der Waals surface area contributed by atoms with Crippen LogP contribution >= 0.6 is 0 Å². The molecule has 2 bridgehead atoms. The van der Waals surface area contributed by atoms with Gasteiger partial charge in [-0.15, -0.1) is 0 Å². The summed E-state index contributed by atoms with van der Waals surface area (Å²) in [5.41, 5.74) is 2.10. The van der Waals surface area contributed by atoms with Gasteiger partial charge in [-0.25, -0.2) is 9.78 Å². The minimum absolute atomic E-state index is 0.0140. The van der Waals surface area contributed by atoms with Crippen LogP contribution < -0.4 is 9.47 Å². The van der Waals surface area contributed by atoms with Gasteiger partial charge >= 0.3 is 11.9 Å². The highest BCUT2D eigenvalue weighted by atomic mass is 16.6. The molecule has 2 aliphatic heterocycles. The maximum absolute atomic E-state index is 14.4. The van der Waals surface area contributed by atoms with Crippen molar-refractivity contribution in [3.05, 3.63) is 77.9 Å². The Morgan fingerprint density at radius 1 is 1.02 bits per heavy atom. The molecule has 2 aromatic carbocycles. The Morgan fingerprint density at radius 3 is 2.59 bits per heavy atom. The number of pyridine rings is 1. The molecular formula is C40H46N2O7. The molecule has 0 unspecified atom stereocenters. The van der Waals surface area contributed by atoms with Crippen molar-refractivity contribution >= 4 is 28.7 Å². The number of hydrogen-bond acceptors (Lipinski definition) is 8. The van der Waals surface area contributed by atoms with Gasteiger partial charge in [0.2, 0.25) is 11.8 Å². The fourth-order valence-corrected chi connectivity index (χ4v) is 8.10. The largest absolute Gasteiger partial charge is 0.488 e. The third kappa shape index (κ3) is 7.17. The second-order valence-corrected chi connectivity index (χ2v) is 14.3. The third-order valence-electron chi connectivity index (χ3n) is 11.0. The van der Waals surface area contributed by atoms with Crippen LogP contribution in [0.25, 0.3) is 10.9 Å². The van der Waals surface area contributed by atoms with E-state index in [1.54, 1.807) is 4.90 Å². The first-order chi connectivity index (χ1) is 23.8. The van der Waals surface area contributed by atoms with Crippen molar-refractivity contribution in [3.8, 4) is 11.6 Å². The third-order valence-corrected chi connectivity index (χ3v) is 11.0. The van der Waals surface area contributed by atoms with Crippen LogP contribution in [0.3, 0.4) is 0 Å². The summed E-state index contributed by atoms with van der Waals surface area (Å²) in [6.45, 7) is 2.56. The number of para-hydroxylation sites is 1. The smallest absolute Gasteiger partial charge is 0.328 e. The van der Waals surface area contributed by atoms with Crippen LogP contribution in [0.5, 0.6) is 11.6 Å². The van der Waals surface area contributed by atoms with Crippen LogP contribution in [-0.4, -0.2) is 59.1 Å². The van der Waals surface area contributed by atoms with Gasteiger partial charge in [-0.05, 0) is 69.1 Å². The molecule has 1 saturated heterocycles. The lowest BCUT2D eigenvalue weighted by atomic mass is 9.86. The minimum Gasteiger partial charge on any atom is -0.488 e. The van der Waals surface area contributed by atoms with Gasteiger partial charge < -0.3 is 23.8 Å². The molecule has 3 aromatic rings. The summed E-state index contributed by atoms with van der Waals surface area (Å²) >= 11 is 0. The van der Waals surface area contributed by atoms with Crippen molar-refractivity contribution in [1.82, 2.24) is 9.88 Å². The van der Waals surface area contributed by atoms with Crippen LogP contribution in [0.2, 0.25) is 0 Å². The average Bonchev–Trinajstić information content (AvgIpc) is 3.46. The highest BCUT2D eigenvalue weighted by Gasteiger charge is 2.53. The molecule has 0 N–H and O–H groups in total. The molecule has 9 heteroatoms. The predicted octanol–water partition coefficient (Wildman–Crippen LogP) is 6.75. The Balaban J connectivity index is 1.27. The normalized spacial score (nSPS) is 28.4. The highest BCUT2D eigenvalue weighted by Crippen LogP contribution is 2.50. The Hall–Kier alpha value is -4.40. The van der Waals surface area contributed by atoms with Crippen molar-refractivity contribution in [1.29, 1.82) is 0 Å². The molecule has 4 aliphatic rings. The predicted molar refractivity (Wildman–Crippen MR) is 184 cm³/mol. The molecule has 258 valence electrons. The number of ether oxygens (including phenoxy) is 4. The van der Waals surface area contributed by atoms with Crippen LogP contribution in [0.4, 0.5) is 0 Å². The van der Waals surface area contributed by atoms with Gasteiger partial charge in [0, 0.05) is 17.7 Å². The maximum Gasteiger partial charge on any atom is 0.328 e. The Morgan fingerprint density at radius 2 is 1.80 bits per heavy atom. The molecule has 9 nitrogen and oxygen atoms in total. The standard InChI is InChI=1S/C40H46N2O7/c1-40-23-28(40)17-7-4-8-19-31-36(47-25-26-13-5-3-6-14-26)30-18-11-12-20-33(30)41-37(31)48-29-21-34(39(45)46-2)42(24-29)38(44)32(22-35(43)49-40)27-15-9-10-16-27/h3-6,8,11-14,18,20,27-29,32,34H,7,9-10,15-17,19,21-25H2,1-2H3/b8-4+/t28-,29-,32+,34+,40-/m1/s1. The van der Waals surface area contributed by atoms with Gasteiger partial charge in [0.05, 0.1) is 37.1 Å². The fraction of sp³-hybridized carbons (Fsp3) is 0.500. The molecule has 7 rings (SSSR count). The number of carbonyl (C=O) groups is 3. The van der Waals surface area contributed by atoms with E-state index < -0.39 is 29.6 Å². The van der Waals surface area contributed by atoms with E-state index in [1.807, 2.05) is 61.5 Å². The molecule has 0 spiro atoms. The average molecular weight is 667 g/mol. The molecule has 0 radical (unpaired) electrons. The number of benzene rings is 2. The zero-order valence-corrected chi connectivity index (χ0v) is 28.5. The Kier molecular flexibility index (Phi) is 9.61. The number of rotatable bonds is 5. The van der Waals surface area contributed by atoms with Crippen molar-refractivity contribution in [2.75, 3.05) is 13.7 Å². The van der Waals surface area contributed by atoms with Gasteiger partial charge in [0.15, 0.2) is 0 Å². The molecule has 3 heterocycles. The van der Waals surface area contributed by atoms with Gasteiger partial charge in [-0.2, -0.15) is 0 Å². The molecule has 2 aliphatic carbocycles. The number of nitrogens with zero attached hydrogens (tertiary/aromatic N) is 2. The molecule has 1 amide bonds. The lowest BCUT2D eigenvalue weighted by Gasteiger charge is -2.30. The summed E-state index contributed by atoms with van der Waals surface area (Å²) in [6, 6.07) is 17.1. The van der Waals surface area contributed by atoms with Crippen molar-refractivity contribution in [2.45, 2.75) is 95.5 Å². The number of fused-ring (bicyclic) bond motifs is 5.